The first-order valence-electron chi connectivity index (χ1n) is 20.1. The van der Waals surface area contributed by atoms with Crippen LogP contribution in [0.3, 0.4) is 0 Å². The third kappa shape index (κ3) is 8.59. The largest absolute Gasteiger partial charge is 0.497 e. The molecule has 2 aliphatic carbocycles. The van der Waals surface area contributed by atoms with Gasteiger partial charge in [0.25, 0.3) is 0 Å². The van der Waals surface area contributed by atoms with Gasteiger partial charge in [-0.15, -0.1) is 6.58 Å². The number of likely N-dealkylation sites (tertiary alicyclic amines) is 2. The molecule has 12 nitrogen and oxygen atoms in total. The fraction of sp³-hybridized carbons (Fsp3) is 0.523. The summed E-state index contributed by atoms with van der Waals surface area (Å²) >= 11 is 0. The van der Waals surface area contributed by atoms with Crippen molar-refractivity contribution in [2.24, 2.45) is 22.7 Å². The number of carbonyl (C=O) groups is 4. The number of methoxy groups -OCH3 is 1. The molecule has 3 amide bonds. The number of piperidine rings is 1. The van der Waals surface area contributed by atoms with Gasteiger partial charge in [-0.25, -0.2) is 13.4 Å². The number of sulfonamides is 1. The molecule has 0 spiro atoms. The number of nitrogens with one attached hydrogen (secondary N) is 1. The number of amides is 3. The highest BCUT2D eigenvalue weighted by atomic mass is 32.2. The Labute approximate surface area is 335 Å². The molecule has 1 N–H and O–H groups in total. The van der Waals surface area contributed by atoms with Crippen LogP contribution in [0.1, 0.15) is 78.6 Å². The first kappa shape index (κ1) is 40.4. The second-order valence-corrected chi connectivity index (χ2v) is 19.3. The topological polar surface area (TPSA) is 152 Å². The highest BCUT2D eigenvalue weighted by molar-refractivity contribution is 7.90. The van der Waals surface area contributed by atoms with Crippen molar-refractivity contribution in [1.82, 2.24) is 19.5 Å². The highest BCUT2D eigenvalue weighted by Gasteiger charge is 2.61. The number of allylic oxidation sites excluding steroid dienone is 1. The summed E-state index contributed by atoms with van der Waals surface area (Å²) < 4.78 is 40.3. The summed E-state index contributed by atoms with van der Waals surface area (Å²) in [7, 11) is -2.28. The molecular weight excluding hydrogens is 745 g/mol. The summed E-state index contributed by atoms with van der Waals surface area (Å²) in [6, 6.07) is 16.1. The van der Waals surface area contributed by atoms with E-state index in [1.54, 1.807) is 18.1 Å². The predicted molar refractivity (Wildman–Crippen MR) is 217 cm³/mol. The molecule has 57 heavy (non-hydrogen) atoms. The molecule has 5 atom stereocenters. The number of rotatable bonds is 14. The zero-order valence-corrected chi connectivity index (χ0v) is 34.2. The van der Waals surface area contributed by atoms with Crippen molar-refractivity contribution in [2.45, 2.75) is 96.0 Å². The van der Waals surface area contributed by atoms with Gasteiger partial charge >= 0.3 is 0 Å². The van der Waals surface area contributed by atoms with E-state index >= 15 is 0 Å². The molecule has 2 saturated heterocycles. The maximum Gasteiger partial charge on any atom is 0.240 e. The third-order valence-electron chi connectivity index (χ3n) is 12.2. The Balaban J connectivity index is 1.22. The predicted octanol–water partition coefficient (Wildman–Crippen LogP) is 6.08. The van der Waals surface area contributed by atoms with Crippen molar-refractivity contribution in [3.63, 3.8) is 0 Å². The Bertz CT molecular complexity index is 2160. The van der Waals surface area contributed by atoms with E-state index in [1.165, 1.54) is 0 Å². The quantitative estimate of drug-likeness (QED) is 0.191. The lowest BCUT2D eigenvalue weighted by Gasteiger charge is -2.36. The standard InChI is InChI=1S/C44H54N4O8S/c1-6-29-25-44(29,42(52)46-57(53,54)32-16-17-32)26-38(49)37-22-31(27-48(37)41(51)34(43(2,3)4)23-40(50)47-19-11-8-12-20-47)56-39-24-36(28-13-9-7-10-14-28)45-35-18-15-30(55-5)21-33(35)39/h6-7,9-10,13-15,18,21,24,29,31-32,34,37H,1,8,11-12,16-17,19-20,22-23,25-27H2,2-5H3,(H,46,52)/t29-,31-,34-,37+,44-/m1/s1. The zero-order valence-electron chi connectivity index (χ0n) is 33.4. The molecule has 7 rings (SSSR count). The van der Waals surface area contributed by atoms with E-state index in [9.17, 15) is 27.6 Å². The van der Waals surface area contributed by atoms with Gasteiger partial charge in [0.2, 0.25) is 27.7 Å². The van der Waals surface area contributed by atoms with Crippen LogP contribution >= 0.6 is 0 Å². The number of ketones is 1. The summed E-state index contributed by atoms with van der Waals surface area (Å²) in [5.41, 5.74) is 0.332. The zero-order chi connectivity index (χ0) is 40.7. The molecule has 4 aliphatic rings. The van der Waals surface area contributed by atoms with Gasteiger partial charge in [0.15, 0.2) is 5.78 Å². The summed E-state index contributed by atoms with van der Waals surface area (Å²) in [6.45, 7) is 11.0. The molecule has 3 aromatic rings. The summed E-state index contributed by atoms with van der Waals surface area (Å²) in [4.78, 5) is 65.2. The summed E-state index contributed by atoms with van der Waals surface area (Å²) in [6.07, 6.45) is 4.98. The number of hydrogen-bond acceptors (Lipinski definition) is 9. The highest BCUT2D eigenvalue weighted by Crippen LogP contribution is 2.57. The van der Waals surface area contributed by atoms with Crippen LogP contribution in [-0.4, -0.2) is 90.8 Å². The van der Waals surface area contributed by atoms with Crippen LogP contribution in [0.25, 0.3) is 22.2 Å². The Morgan fingerprint density at radius 2 is 1.75 bits per heavy atom. The molecule has 1 aromatic heterocycles. The fourth-order valence-electron chi connectivity index (χ4n) is 8.49. The second kappa shape index (κ2) is 15.9. The minimum absolute atomic E-state index is 0.00436. The lowest BCUT2D eigenvalue weighted by Crippen LogP contribution is -2.49. The van der Waals surface area contributed by atoms with Crippen LogP contribution in [0.2, 0.25) is 0 Å². The van der Waals surface area contributed by atoms with Crippen LogP contribution in [0.15, 0.2) is 67.3 Å². The van der Waals surface area contributed by atoms with Crippen LogP contribution < -0.4 is 14.2 Å². The van der Waals surface area contributed by atoms with Crippen molar-refractivity contribution >= 4 is 44.4 Å². The number of ether oxygens (including phenoxy) is 2. The number of fused-ring (bicyclic) bond motifs is 1. The smallest absolute Gasteiger partial charge is 0.240 e. The van der Waals surface area contributed by atoms with Crippen LogP contribution in [0.5, 0.6) is 11.5 Å². The molecule has 0 radical (unpaired) electrons. The van der Waals surface area contributed by atoms with Gasteiger partial charge < -0.3 is 19.3 Å². The first-order chi connectivity index (χ1) is 27.1. The van der Waals surface area contributed by atoms with Gasteiger partial charge in [-0.3, -0.25) is 23.9 Å². The average molecular weight is 799 g/mol. The Hall–Kier alpha value is -4.78. The Kier molecular flexibility index (Phi) is 11.3. The molecule has 0 unspecified atom stereocenters. The lowest BCUT2D eigenvalue weighted by atomic mass is 9.77. The van der Waals surface area contributed by atoms with Gasteiger partial charge in [0, 0.05) is 49.4 Å². The van der Waals surface area contributed by atoms with Gasteiger partial charge in [0.1, 0.15) is 17.6 Å². The van der Waals surface area contributed by atoms with Gasteiger partial charge in [-0.1, -0.05) is 57.2 Å². The van der Waals surface area contributed by atoms with Crippen molar-refractivity contribution < 1.29 is 37.1 Å². The number of aromatic nitrogens is 1. The maximum absolute atomic E-state index is 14.9. The second-order valence-electron chi connectivity index (χ2n) is 17.3. The number of benzene rings is 2. The van der Waals surface area contributed by atoms with Crippen molar-refractivity contribution in [2.75, 3.05) is 26.7 Å². The molecule has 2 aromatic carbocycles. The molecule has 4 fully saturated rings. The van der Waals surface area contributed by atoms with E-state index in [4.69, 9.17) is 14.5 Å². The van der Waals surface area contributed by atoms with E-state index < -0.39 is 56.0 Å². The first-order valence-corrected chi connectivity index (χ1v) is 21.7. The van der Waals surface area contributed by atoms with Gasteiger partial charge in [-0.2, -0.15) is 0 Å². The van der Waals surface area contributed by atoms with E-state index in [0.717, 1.165) is 24.8 Å². The number of hydrogen-bond donors (Lipinski definition) is 1. The minimum Gasteiger partial charge on any atom is -0.497 e. The molecular formula is C44H54N4O8S. The molecule has 13 heteroatoms. The van der Waals surface area contributed by atoms with Gasteiger partial charge in [0.05, 0.1) is 47.5 Å². The Morgan fingerprint density at radius 3 is 2.39 bits per heavy atom. The molecule has 3 heterocycles. The van der Waals surface area contributed by atoms with Crippen molar-refractivity contribution in [3.05, 3.63) is 67.3 Å². The molecule has 2 saturated carbocycles. The Morgan fingerprint density at radius 1 is 1.04 bits per heavy atom. The molecule has 304 valence electrons. The van der Waals surface area contributed by atoms with Crippen molar-refractivity contribution in [3.8, 4) is 22.8 Å². The van der Waals surface area contributed by atoms with Crippen LogP contribution in [0, 0.1) is 22.7 Å². The fourth-order valence-corrected chi connectivity index (χ4v) is 9.87. The van der Waals surface area contributed by atoms with E-state index in [2.05, 4.69) is 11.3 Å². The minimum atomic E-state index is -3.86. The SMILES string of the molecule is C=C[C@@H]1C[C@]1(CC(=O)[C@@H]1C[C@@H](Oc2cc(-c3ccccc3)nc3ccc(OC)cc23)CN1C(=O)[C@@H](CC(=O)N1CCCCC1)C(C)(C)C)C(=O)NS(=O)(=O)C1CC1. The third-order valence-corrected chi connectivity index (χ3v) is 14.1. The maximum atomic E-state index is 14.9. The summed E-state index contributed by atoms with van der Waals surface area (Å²) in [5.74, 6) is -1.49. The lowest BCUT2D eigenvalue weighted by molar-refractivity contribution is -0.148. The monoisotopic (exact) mass is 798 g/mol. The van der Waals surface area contributed by atoms with E-state index in [1.807, 2.05) is 80.3 Å². The van der Waals surface area contributed by atoms with Crippen LogP contribution in [-0.2, 0) is 29.2 Å². The van der Waals surface area contributed by atoms with E-state index in [0.29, 0.717) is 54.0 Å². The number of pyridine rings is 1. The van der Waals surface area contributed by atoms with Gasteiger partial charge in [-0.05, 0) is 68.1 Å². The molecule has 2 aliphatic heterocycles. The number of nitrogens with zero attached hydrogens (tertiary/aromatic N) is 3. The van der Waals surface area contributed by atoms with Crippen molar-refractivity contribution in [1.29, 1.82) is 0 Å². The summed E-state index contributed by atoms with van der Waals surface area (Å²) in [5, 5.41) is 0.0882. The number of Topliss-reactive ketones (excluding diaryl/α,β-unsaturated/α-hetero) is 1. The average Bonchev–Trinajstić information content (AvgIpc) is 4.13. The van der Waals surface area contributed by atoms with E-state index in [-0.39, 0.29) is 49.8 Å². The normalized spacial score (nSPS) is 24.1. The number of carbonyl (C=O) groups excluding carboxylic acids is 4. The van der Waals surface area contributed by atoms with Crippen LogP contribution in [0.4, 0.5) is 0 Å². The molecule has 0 bridgehead atoms.